The molecule has 4 aromatic rings. The molecule has 4 rings (SSSR count). The zero-order chi connectivity index (χ0) is 30.4. The number of para-hydroxylation sites is 1. The van der Waals surface area contributed by atoms with Crippen LogP contribution in [0.5, 0.6) is 23.0 Å². The number of nitrogens with one attached hydrogen (secondary N) is 1. The lowest BCUT2D eigenvalue weighted by Crippen LogP contribution is -2.50. The highest BCUT2D eigenvalue weighted by molar-refractivity contribution is 5.89. The average Bonchev–Trinajstić information content (AvgIpc) is 3.36. The molecule has 2 N–H and O–H groups in total. The number of ether oxygens (including phenoxy) is 3. The molecule has 222 valence electrons. The van der Waals surface area contributed by atoms with Gasteiger partial charge in [0.2, 0.25) is 11.8 Å². The highest BCUT2D eigenvalue weighted by atomic mass is 16.5. The summed E-state index contributed by atoms with van der Waals surface area (Å²) in [6, 6.07) is 16.5. The highest BCUT2D eigenvalue weighted by Gasteiger charge is 2.34. The molecule has 3 aromatic carbocycles. The molecule has 0 aliphatic rings. The first kappa shape index (κ1) is 30.2. The first-order chi connectivity index (χ1) is 20.0. The zero-order valence-electron chi connectivity index (χ0n) is 24.7. The number of aromatic nitrogens is 3. The van der Waals surface area contributed by atoms with E-state index in [1.54, 1.807) is 32.4 Å². The van der Waals surface area contributed by atoms with E-state index in [2.05, 4.69) is 15.6 Å². The second kappa shape index (κ2) is 12.8. The van der Waals surface area contributed by atoms with Crippen molar-refractivity contribution in [3.8, 4) is 23.0 Å². The van der Waals surface area contributed by atoms with E-state index in [1.807, 2.05) is 57.2 Å². The molecule has 2 amide bonds. The molecular formula is C31H37N5O6. The Morgan fingerprint density at radius 1 is 0.952 bits per heavy atom. The van der Waals surface area contributed by atoms with Crippen LogP contribution in [0.4, 0.5) is 0 Å². The van der Waals surface area contributed by atoms with Gasteiger partial charge in [0, 0.05) is 12.1 Å². The molecule has 42 heavy (non-hydrogen) atoms. The van der Waals surface area contributed by atoms with Crippen LogP contribution in [-0.4, -0.2) is 70.2 Å². The molecule has 0 radical (unpaired) electrons. The van der Waals surface area contributed by atoms with Crippen LogP contribution < -0.4 is 19.5 Å². The Bertz CT molecular complexity index is 1560. The van der Waals surface area contributed by atoms with Gasteiger partial charge in [-0.3, -0.25) is 9.59 Å². The Labute approximate surface area is 245 Å². The quantitative estimate of drug-likeness (QED) is 0.276. The number of amides is 2. The van der Waals surface area contributed by atoms with Crippen molar-refractivity contribution in [3.63, 3.8) is 0 Å². The van der Waals surface area contributed by atoms with E-state index in [4.69, 9.17) is 14.2 Å². The van der Waals surface area contributed by atoms with Gasteiger partial charge in [0.15, 0.2) is 23.0 Å². The van der Waals surface area contributed by atoms with E-state index in [1.165, 1.54) is 22.8 Å². The molecule has 1 atom stereocenters. The van der Waals surface area contributed by atoms with Crippen molar-refractivity contribution in [1.29, 1.82) is 0 Å². The van der Waals surface area contributed by atoms with Gasteiger partial charge in [-0.2, -0.15) is 0 Å². The molecule has 0 fully saturated rings. The molecule has 11 heteroatoms. The Balaban J connectivity index is 1.76. The fraction of sp³-hybridized carbons (Fsp3) is 0.355. The van der Waals surface area contributed by atoms with Crippen molar-refractivity contribution in [2.45, 2.75) is 45.3 Å². The van der Waals surface area contributed by atoms with Crippen molar-refractivity contribution in [2.24, 2.45) is 0 Å². The number of hydrogen-bond acceptors (Lipinski definition) is 8. The van der Waals surface area contributed by atoms with Crippen molar-refractivity contribution in [2.75, 3.05) is 27.9 Å². The lowest BCUT2D eigenvalue weighted by molar-refractivity contribution is -0.142. The summed E-state index contributed by atoms with van der Waals surface area (Å²) in [6.45, 7) is 5.63. The number of benzene rings is 3. The number of phenols is 1. The molecule has 0 spiro atoms. The van der Waals surface area contributed by atoms with Crippen LogP contribution in [0.1, 0.15) is 37.9 Å². The third kappa shape index (κ3) is 6.91. The minimum atomic E-state index is -1.07. The molecule has 1 unspecified atom stereocenters. The zero-order valence-corrected chi connectivity index (χ0v) is 24.7. The maximum absolute atomic E-state index is 14.1. The minimum absolute atomic E-state index is 0.141. The second-order valence-electron chi connectivity index (χ2n) is 10.8. The molecule has 0 bridgehead atoms. The summed E-state index contributed by atoms with van der Waals surface area (Å²) >= 11 is 0. The molecule has 0 aliphatic heterocycles. The molecule has 0 aliphatic carbocycles. The number of rotatable bonds is 11. The first-order valence-corrected chi connectivity index (χ1v) is 13.5. The lowest BCUT2D eigenvalue weighted by atomic mass is 10.00. The minimum Gasteiger partial charge on any atom is -0.504 e. The molecule has 1 aromatic heterocycles. The number of carbonyl (C=O) groups excluding carboxylic acids is 2. The van der Waals surface area contributed by atoms with Crippen LogP contribution in [0.25, 0.3) is 11.0 Å². The predicted octanol–water partition coefficient (Wildman–Crippen LogP) is 3.89. The van der Waals surface area contributed by atoms with Crippen molar-refractivity contribution in [3.05, 3.63) is 71.8 Å². The Kier molecular flexibility index (Phi) is 9.19. The van der Waals surface area contributed by atoms with E-state index >= 15 is 0 Å². The standard InChI is InChI=1S/C31H37N5O6/c1-31(2,3)32-30(39)29(21-12-14-25(40-4)24(37)18-21)35(16-15-20-11-13-26(41-5)27(17-20)42-6)28(38)19-36-23-10-8-7-9-22(23)33-34-36/h7-14,17-18,29,37H,15-16,19H2,1-6H3,(H,32,39). The van der Waals surface area contributed by atoms with Gasteiger partial charge in [0.05, 0.1) is 26.8 Å². The van der Waals surface area contributed by atoms with Crippen LogP contribution in [0.3, 0.4) is 0 Å². The normalized spacial score (nSPS) is 12.0. The summed E-state index contributed by atoms with van der Waals surface area (Å²) in [6.07, 6.45) is 0.408. The number of fused-ring (bicyclic) bond motifs is 1. The summed E-state index contributed by atoms with van der Waals surface area (Å²) in [5.74, 6) is 0.517. The molecule has 11 nitrogen and oxygen atoms in total. The monoisotopic (exact) mass is 575 g/mol. The third-order valence-corrected chi connectivity index (χ3v) is 6.69. The van der Waals surface area contributed by atoms with Gasteiger partial charge in [0.25, 0.3) is 0 Å². The van der Waals surface area contributed by atoms with Gasteiger partial charge in [-0.1, -0.05) is 29.5 Å². The smallest absolute Gasteiger partial charge is 0.247 e. The molecule has 0 saturated heterocycles. The van der Waals surface area contributed by atoms with Crippen LogP contribution in [-0.2, 0) is 22.6 Å². The Morgan fingerprint density at radius 2 is 1.64 bits per heavy atom. The van der Waals surface area contributed by atoms with Gasteiger partial charge in [0.1, 0.15) is 18.1 Å². The topological polar surface area (TPSA) is 128 Å². The van der Waals surface area contributed by atoms with E-state index < -0.39 is 17.5 Å². The number of phenolic OH excluding ortho intramolecular Hbond substituents is 1. The fourth-order valence-corrected chi connectivity index (χ4v) is 4.72. The fourth-order valence-electron chi connectivity index (χ4n) is 4.72. The van der Waals surface area contributed by atoms with Crippen molar-refractivity contribution >= 4 is 22.8 Å². The maximum atomic E-state index is 14.1. The van der Waals surface area contributed by atoms with Crippen molar-refractivity contribution < 1.29 is 28.9 Å². The summed E-state index contributed by atoms with van der Waals surface area (Å²) in [4.78, 5) is 29.5. The highest BCUT2D eigenvalue weighted by Crippen LogP contribution is 2.33. The average molecular weight is 576 g/mol. The summed E-state index contributed by atoms with van der Waals surface area (Å²) in [5.41, 5.74) is 2.08. The van der Waals surface area contributed by atoms with Crippen LogP contribution in [0.2, 0.25) is 0 Å². The first-order valence-electron chi connectivity index (χ1n) is 13.5. The van der Waals surface area contributed by atoms with Gasteiger partial charge in [-0.05, 0) is 74.7 Å². The molecule has 0 saturated carbocycles. The van der Waals surface area contributed by atoms with Gasteiger partial charge in [-0.25, -0.2) is 4.68 Å². The third-order valence-electron chi connectivity index (χ3n) is 6.69. The number of carbonyl (C=O) groups is 2. The number of hydrogen-bond donors (Lipinski definition) is 2. The van der Waals surface area contributed by atoms with Crippen molar-refractivity contribution in [1.82, 2.24) is 25.2 Å². The lowest BCUT2D eigenvalue weighted by Gasteiger charge is -2.34. The number of methoxy groups -OCH3 is 3. The Morgan fingerprint density at radius 3 is 2.31 bits per heavy atom. The van der Waals surface area contributed by atoms with Gasteiger partial charge in [-0.15, -0.1) is 5.10 Å². The predicted molar refractivity (Wildman–Crippen MR) is 158 cm³/mol. The van der Waals surface area contributed by atoms with E-state index in [0.29, 0.717) is 34.5 Å². The van der Waals surface area contributed by atoms with Gasteiger partial charge >= 0.3 is 0 Å². The van der Waals surface area contributed by atoms with Crippen LogP contribution >= 0.6 is 0 Å². The maximum Gasteiger partial charge on any atom is 0.247 e. The summed E-state index contributed by atoms with van der Waals surface area (Å²) < 4.78 is 17.6. The summed E-state index contributed by atoms with van der Waals surface area (Å²) in [7, 11) is 4.57. The van der Waals surface area contributed by atoms with Gasteiger partial charge < -0.3 is 29.5 Å². The summed E-state index contributed by atoms with van der Waals surface area (Å²) in [5, 5.41) is 22.0. The SMILES string of the molecule is COc1ccc(C(C(=O)NC(C)(C)C)N(CCc2ccc(OC)c(OC)c2)C(=O)Cn2nnc3ccccc32)cc1O. The second-order valence-corrected chi connectivity index (χ2v) is 10.8. The van der Waals surface area contributed by atoms with E-state index in [0.717, 1.165) is 5.56 Å². The molecule has 1 heterocycles. The Hall–Kier alpha value is -4.80. The largest absolute Gasteiger partial charge is 0.504 e. The van der Waals surface area contributed by atoms with E-state index in [-0.39, 0.29) is 30.5 Å². The molecular weight excluding hydrogens is 538 g/mol. The van der Waals surface area contributed by atoms with Crippen LogP contribution in [0, 0.1) is 0 Å². The number of aromatic hydroxyl groups is 1. The number of nitrogens with zero attached hydrogens (tertiary/aromatic N) is 4. The van der Waals surface area contributed by atoms with Crippen LogP contribution in [0.15, 0.2) is 60.7 Å². The van der Waals surface area contributed by atoms with E-state index in [9.17, 15) is 14.7 Å².